The molecule has 0 aromatic heterocycles. The first kappa shape index (κ1) is 10.7. The third-order valence-electron chi connectivity index (χ3n) is 0.798. The highest BCUT2D eigenvalue weighted by atomic mass is 19.4. The van der Waals surface area contributed by atoms with E-state index >= 15 is 0 Å². The van der Waals surface area contributed by atoms with E-state index < -0.39 is 31.0 Å². The van der Waals surface area contributed by atoms with E-state index in [1.807, 2.05) is 0 Å². The summed E-state index contributed by atoms with van der Waals surface area (Å²) < 4.78 is 34.2. The Kier molecular flexibility index (Phi) is 3.52. The van der Waals surface area contributed by atoms with Crippen molar-refractivity contribution < 1.29 is 27.9 Å². The van der Waals surface area contributed by atoms with Gasteiger partial charge in [-0.05, 0) is 0 Å². The molecule has 70 valence electrons. The highest BCUT2D eigenvalue weighted by molar-refractivity contribution is 5.93. The van der Waals surface area contributed by atoms with Crippen molar-refractivity contribution >= 4 is 11.9 Å². The van der Waals surface area contributed by atoms with Crippen molar-refractivity contribution in [1.29, 1.82) is 0 Å². The van der Waals surface area contributed by atoms with Crippen LogP contribution in [0.1, 0.15) is 6.42 Å². The van der Waals surface area contributed by atoms with Crippen LogP contribution in [-0.2, 0) is 9.59 Å². The number of amides is 1. The number of carboxylic acids is 1. The molecule has 0 aliphatic carbocycles. The van der Waals surface area contributed by atoms with E-state index in [1.165, 1.54) is 5.32 Å². The number of carbonyl (C=O) groups is 2. The van der Waals surface area contributed by atoms with Crippen molar-refractivity contribution in [2.75, 3.05) is 6.54 Å². The van der Waals surface area contributed by atoms with Gasteiger partial charge in [-0.3, -0.25) is 9.59 Å². The number of halogens is 3. The van der Waals surface area contributed by atoms with Gasteiger partial charge in [0.25, 0.3) is 0 Å². The summed E-state index contributed by atoms with van der Waals surface area (Å²) in [6.07, 6.45) is -5.45. The van der Waals surface area contributed by atoms with Crippen molar-refractivity contribution in [3.8, 4) is 0 Å². The van der Waals surface area contributed by atoms with Crippen molar-refractivity contribution in [2.45, 2.75) is 12.6 Å². The van der Waals surface area contributed by atoms with Gasteiger partial charge in [0, 0.05) is 0 Å². The molecular formula is C5H6F3NO3. The molecule has 0 rings (SSSR count). The van der Waals surface area contributed by atoms with Gasteiger partial charge in [0.15, 0.2) is 0 Å². The lowest BCUT2D eigenvalue weighted by molar-refractivity contribution is -0.145. The maximum atomic E-state index is 11.4. The maximum absolute atomic E-state index is 11.4. The molecule has 0 bridgehead atoms. The third-order valence-corrected chi connectivity index (χ3v) is 0.798. The number of carbonyl (C=O) groups excluding carboxylic acids is 1. The Labute approximate surface area is 65.4 Å². The van der Waals surface area contributed by atoms with Gasteiger partial charge in [-0.25, -0.2) is 0 Å². The molecule has 12 heavy (non-hydrogen) atoms. The van der Waals surface area contributed by atoms with Crippen LogP contribution < -0.4 is 5.32 Å². The van der Waals surface area contributed by atoms with E-state index in [4.69, 9.17) is 5.11 Å². The molecule has 1 amide bonds. The first-order valence-electron chi connectivity index (χ1n) is 2.86. The highest BCUT2D eigenvalue weighted by Gasteiger charge is 2.27. The van der Waals surface area contributed by atoms with Crippen LogP contribution in [0.15, 0.2) is 0 Å². The van der Waals surface area contributed by atoms with Crippen molar-refractivity contribution in [1.82, 2.24) is 5.32 Å². The predicted octanol–water partition coefficient (Wildman–Crippen LogP) is 0.140. The topological polar surface area (TPSA) is 66.4 Å². The number of alkyl halides is 3. The minimum Gasteiger partial charge on any atom is -0.481 e. The Morgan fingerprint density at radius 2 is 1.83 bits per heavy atom. The molecule has 0 aromatic rings. The van der Waals surface area contributed by atoms with Crippen LogP contribution in [-0.4, -0.2) is 29.7 Å². The number of carboxylic acid groups (broad SMARTS) is 1. The van der Waals surface area contributed by atoms with Gasteiger partial charge in [0.2, 0.25) is 5.91 Å². The number of nitrogens with one attached hydrogen (secondary N) is 1. The molecule has 0 heterocycles. The predicted molar refractivity (Wildman–Crippen MR) is 31.3 cm³/mol. The normalized spacial score (nSPS) is 10.9. The van der Waals surface area contributed by atoms with E-state index in [2.05, 4.69) is 0 Å². The summed E-state index contributed by atoms with van der Waals surface area (Å²) in [6.45, 7) is -1.50. The second-order valence-corrected chi connectivity index (χ2v) is 1.96. The minimum atomic E-state index is -4.51. The maximum Gasteiger partial charge on any atom is 0.405 e. The van der Waals surface area contributed by atoms with Gasteiger partial charge in [-0.2, -0.15) is 13.2 Å². The molecule has 4 nitrogen and oxygen atoms in total. The SMILES string of the molecule is O=C(O)CC(=O)NCC(F)(F)F. The number of hydrogen-bond donors (Lipinski definition) is 2. The van der Waals surface area contributed by atoms with Gasteiger partial charge in [0.05, 0.1) is 0 Å². The fraction of sp³-hybridized carbons (Fsp3) is 0.600. The number of rotatable bonds is 3. The summed E-state index contributed by atoms with van der Waals surface area (Å²) in [5, 5.41) is 9.38. The molecule has 0 aliphatic heterocycles. The first-order chi connectivity index (χ1) is 5.31. The van der Waals surface area contributed by atoms with Crippen LogP contribution in [0.3, 0.4) is 0 Å². The molecule has 0 saturated heterocycles. The molecule has 0 aliphatic rings. The van der Waals surface area contributed by atoms with Crippen LogP contribution in [0.2, 0.25) is 0 Å². The minimum absolute atomic E-state index is 0.948. The number of aliphatic carboxylic acids is 1. The Bertz CT molecular complexity index is 189. The number of hydrogen-bond acceptors (Lipinski definition) is 2. The zero-order valence-corrected chi connectivity index (χ0v) is 5.81. The summed E-state index contributed by atoms with van der Waals surface area (Å²) in [4.78, 5) is 20.1. The molecule has 0 saturated carbocycles. The average Bonchev–Trinajstić information content (AvgIpc) is 1.80. The molecule has 0 unspecified atom stereocenters. The fourth-order valence-corrected chi connectivity index (χ4v) is 0.399. The quantitative estimate of drug-likeness (QED) is 0.614. The van der Waals surface area contributed by atoms with E-state index in [1.54, 1.807) is 0 Å². The van der Waals surface area contributed by atoms with Crippen molar-refractivity contribution in [2.24, 2.45) is 0 Å². The Hall–Kier alpha value is -1.27. The summed E-state index contributed by atoms with van der Waals surface area (Å²) >= 11 is 0. The molecule has 7 heteroatoms. The second kappa shape index (κ2) is 3.93. The standard InChI is InChI=1S/C5H6F3NO3/c6-5(7,8)2-9-3(10)1-4(11)12/h1-2H2,(H,9,10)(H,11,12). The average molecular weight is 185 g/mol. The van der Waals surface area contributed by atoms with Gasteiger partial charge < -0.3 is 10.4 Å². The van der Waals surface area contributed by atoms with Crippen LogP contribution in [0, 0.1) is 0 Å². The lowest BCUT2D eigenvalue weighted by Gasteiger charge is -2.06. The molecule has 0 aromatic carbocycles. The summed E-state index contributed by atoms with van der Waals surface area (Å²) in [5.74, 6) is -2.62. The largest absolute Gasteiger partial charge is 0.481 e. The lowest BCUT2D eigenvalue weighted by Crippen LogP contribution is -2.34. The van der Waals surface area contributed by atoms with Gasteiger partial charge in [-0.1, -0.05) is 0 Å². The van der Waals surface area contributed by atoms with Gasteiger partial charge >= 0.3 is 12.1 Å². The monoisotopic (exact) mass is 185 g/mol. The molecule has 0 fully saturated rings. The van der Waals surface area contributed by atoms with Crippen molar-refractivity contribution in [3.05, 3.63) is 0 Å². The second-order valence-electron chi connectivity index (χ2n) is 1.96. The van der Waals surface area contributed by atoms with Crippen LogP contribution in [0.4, 0.5) is 13.2 Å². The van der Waals surface area contributed by atoms with E-state index in [-0.39, 0.29) is 0 Å². The highest BCUT2D eigenvalue weighted by Crippen LogP contribution is 2.11. The summed E-state index contributed by atoms with van der Waals surface area (Å²) in [6, 6.07) is 0. The molecular weight excluding hydrogens is 179 g/mol. The zero-order chi connectivity index (χ0) is 9.78. The Balaban J connectivity index is 3.65. The molecule has 0 spiro atoms. The molecule has 2 N–H and O–H groups in total. The summed E-state index contributed by atoms with van der Waals surface area (Å²) in [5.41, 5.74) is 0. The van der Waals surface area contributed by atoms with E-state index in [0.29, 0.717) is 0 Å². The van der Waals surface area contributed by atoms with Crippen LogP contribution in [0.5, 0.6) is 0 Å². The smallest absolute Gasteiger partial charge is 0.405 e. The van der Waals surface area contributed by atoms with Gasteiger partial charge in [0.1, 0.15) is 13.0 Å². The Morgan fingerprint density at radius 3 is 2.17 bits per heavy atom. The Morgan fingerprint density at radius 1 is 1.33 bits per heavy atom. The molecule has 0 radical (unpaired) electrons. The van der Waals surface area contributed by atoms with E-state index in [0.717, 1.165) is 0 Å². The lowest BCUT2D eigenvalue weighted by atomic mass is 10.4. The van der Waals surface area contributed by atoms with E-state index in [9.17, 15) is 22.8 Å². The van der Waals surface area contributed by atoms with Crippen molar-refractivity contribution in [3.63, 3.8) is 0 Å². The fourth-order valence-electron chi connectivity index (χ4n) is 0.399. The van der Waals surface area contributed by atoms with Gasteiger partial charge in [-0.15, -0.1) is 0 Å². The summed E-state index contributed by atoms with van der Waals surface area (Å²) in [7, 11) is 0. The zero-order valence-electron chi connectivity index (χ0n) is 5.81. The van der Waals surface area contributed by atoms with Crippen LogP contribution in [0.25, 0.3) is 0 Å². The van der Waals surface area contributed by atoms with Crippen LogP contribution >= 0.6 is 0 Å². The third kappa shape index (κ3) is 6.84. The molecule has 0 atom stereocenters. The first-order valence-corrected chi connectivity index (χ1v) is 2.86.